The minimum Gasteiger partial charge on any atom is -0.426 e. The van der Waals surface area contributed by atoms with Crippen molar-refractivity contribution in [3.8, 4) is 5.75 Å². The van der Waals surface area contributed by atoms with E-state index < -0.39 is 0 Å². The Morgan fingerprint density at radius 3 is 2.40 bits per heavy atom. The van der Waals surface area contributed by atoms with Crippen LogP contribution in [0.2, 0.25) is 0 Å². The molecule has 0 aromatic heterocycles. The lowest BCUT2D eigenvalue weighted by Crippen LogP contribution is -2.07. The fraction of sp³-hybridized carbons (Fsp3) is 0.364. The molecule has 0 saturated heterocycles. The Bertz CT molecular complexity index is 330. The number of esters is 1. The number of benzene rings is 1. The molecular formula is C11H16N2O2. The average Bonchev–Trinajstić information content (AvgIpc) is 2.13. The molecule has 1 aromatic carbocycles. The van der Waals surface area contributed by atoms with Gasteiger partial charge in [0.2, 0.25) is 0 Å². The molecule has 0 spiro atoms. The quantitative estimate of drug-likeness (QED) is 0.450. The summed E-state index contributed by atoms with van der Waals surface area (Å²) >= 11 is 0. The van der Waals surface area contributed by atoms with Crippen molar-refractivity contribution in [2.75, 3.05) is 11.5 Å². The Morgan fingerprint density at radius 1 is 1.27 bits per heavy atom. The number of rotatable bonds is 4. The number of unbranched alkanes of at least 4 members (excludes halogenated alkanes) is 1. The Kier molecular flexibility index (Phi) is 3.97. The van der Waals surface area contributed by atoms with Gasteiger partial charge in [-0.3, -0.25) is 4.79 Å². The maximum absolute atomic E-state index is 11.3. The van der Waals surface area contributed by atoms with E-state index in [-0.39, 0.29) is 5.97 Å². The van der Waals surface area contributed by atoms with Crippen molar-refractivity contribution in [1.82, 2.24) is 0 Å². The lowest BCUT2D eigenvalue weighted by molar-refractivity contribution is -0.134. The summed E-state index contributed by atoms with van der Waals surface area (Å²) in [6.07, 6.45) is 2.22. The monoisotopic (exact) mass is 208 g/mol. The molecule has 4 nitrogen and oxygen atoms in total. The van der Waals surface area contributed by atoms with Gasteiger partial charge in [0.25, 0.3) is 0 Å². The van der Waals surface area contributed by atoms with Gasteiger partial charge in [-0.1, -0.05) is 13.3 Å². The Hall–Kier alpha value is -1.71. The number of carbonyl (C=O) groups is 1. The van der Waals surface area contributed by atoms with Crippen LogP contribution in [0, 0.1) is 0 Å². The highest BCUT2D eigenvalue weighted by molar-refractivity contribution is 5.73. The molecular weight excluding hydrogens is 192 g/mol. The number of anilines is 2. The highest BCUT2D eigenvalue weighted by Crippen LogP contribution is 2.20. The van der Waals surface area contributed by atoms with E-state index in [4.69, 9.17) is 16.2 Å². The molecule has 82 valence electrons. The molecule has 0 fully saturated rings. The number of hydrogen-bond donors (Lipinski definition) is 2. The molecule has 4 N–H and O–H groups in total. The van der Waals surface area contributed by atoms with E-state index in [1.165, 1.54) is 0 Å². The molecule has 4 heteroatoms. The van der Waals surface area contributed by atoms with Gasteiger partial charge >= 0.3 is 5.97 Å². The van der Waals surface area contributed by atoms with Crippen LogP contribution in [0.1, 0.15) is 26.2 Å². The van der Waals surface area contributed by atoms with Crippen LogP contribution in [0.4, 0.5) is 11.4 Å². The van der Waals surface area contributed by atoms with Gasteiger partial charge in [-0.2, -0.15) is 0 Å². The Labute approximate surface area is 89.2 Å². The normalized spacial score (nSPS) is 9.93. The zero-order valence-corrected chi connectivity index (χ0v) is 8.82. The van der Waals surface area contributed by atoms with Crippen LogP contribution < -0.4 is 16.2 Å². The van der Waals surface area contributed by atoms with E-state index in [0.29, 0.717) is 23.5 Å². The number of ether oxygens (including phenoxy) is 1. The summed E-state index contributed by atoms with van der Waals surface area (Å²) in [6, 6.07) is 4.78. The van der Waals surface area contributed by atoms with Gasteiger partial charge in [0.1, 0.15) is 5.75 Å². The summed E-state index contributed by atoms with van der Waals surface area (Å²) in [6.45, 7) is 2.02. The fourth-order valence-electron chi connectivity index (χ4n) is 1.21. The Balaban J connectivity index is 2.60. The zero-order valence-electron chi connectivity index (χ0n) is 8.82. The lowest BCUT2D eigenvalue weighted by Gasteiger charge is -2.05. The van der Waals surface area contributed by atoms with E-state index in [1.54, 1.807) is 18.2 Å². The second-order valence-electron chi connectivity index (χ2n) is 3.41. The number of nitrogen functional groups attached to an aromatic ring is 2. The summed E-state index contributed by atoms with van der Waals surface area (Å²) in [4.78, 5) is 11.3. The van der Waals surface area contributed by atoms with Crippen molar-refractivity contribution in [2.24, 2.45) is 0 Å². The molecule has 1 aromatic rings. The van der Waals surface area contributed by atoms with Crippen LogP contribution in [-0.2, 0) is 4.79 Å². The summed E-state index contributed by atoms with van der Waals surface area (Å²) < 4.78 is 5.08. The first-order valence-corrected chi connectivity index (χ1v) is 4.98. The van der Waals surface area contributed by atoms with Crippen molar-refractivity contribution in [2.45, 2.75) is 26.2 Å². The molecule has 0 radical (unpaired) electrons. The number of carbonyl (C=O) groups excluding carboxylic acids is 1. The first-order chi connectivity index (χ1) is 7.11. The van der Waals surface area contributed by atoms with Gasteiger partial charge in [0.15, 0.2) is 0 Å². The molecule has 0 heterocycles. The molecule has 0 unspecified atom stereocenters. The third-order valence-corrected chi connectivity index (χ3v) is 1.92. The summed E-state index contributed by atoms with van der Waals surface area (Å²) in [5.41, 5.74) is 12.1. The summed E-state index contributed by atoms with van der Waals surface area (Å²) in [5, 5.41) is 0. The smallest absolute Gasteiger partial charge is 0.311 e. The van der Waals surface area contributed by atoms with Gasteiger partial charge < -0.3 is 16.2 Å². The molecule has 0 amide bonds. The molecule has 0 aliphatic rings. The molecule has 15 heavy (non-hydrogen) atoms. The fourth-order valence-corrected chi connectivity index (χ4v) is 1.21. The van der Waals surface area contributed by atoms with Crippen molar-refractivity contribution in [3.05, 3.63) is 18.2 Å². The SMILES string of the molecule is CCCCC(=O)Oc1cc(N)cc(N)c1. The molecule has 0 saturated carbocycles. The minimum atomic E-state index is -0.248. The summed E-state index contributed by atoms with van der Waals surface area (Å²) in [5.74, 6) is 0.162. The van der Waals surface area contributed by atoms with Gasteiger partial charge in [0, 0.05) is 29.9 Å². The summed E-state index contributed by atoms with van der Waals surface area (Å²) in [7, 11) is 0. The van der Waals surface area contributed by atoms with Gasteiger partial charge in [-0.05, 0) is 12.5 Å². The third kappa shape index (κ3) is 3.89. The predicted octanol–water partition coefficient (Wildman–Crippen LogP) is 1.95. The van der Waals surface area contributed by atoms with Crippen LogP contribution in [0.3, 0.4) is 0 Å². The second-order valence-corrected chi connectivity index (χ2v) is 3.41. The van der Waals surface area contributed by atoms with Crippen molar-refractivity contribution in [3.63, 3.8) is 0 Å². The van der Waals surface area contributed by atoms with E-state index in [1.807, 2.05) is 6.92 Å². The Morgan fingerprint density at radius 2 is 1.87 bits per heavy atom. The highest BCUT2D eigenvalue weighted by atomic mass is 16.5. The average molecular weight is 208 g/mol. The van der Waals surface area contributed by atoms with Crippen molar-refractivity contribution < 1.29 is 9.53 Å². The third-order valence-electron chi connectivity index (χ3n) is 1.92. The standard InChI is InChI=1S/C11H16N2O2/c1-2-3-4-11(14)15-10-6-8(12)5-9(13)7-10/h5-7H,2-4,12-13H2,1H3. The largest absolute Gasteiger partial charge is 0.426 e. The van der Waals surface area contributed by atoms with Gasteiger partial charge in [-0.15, -0.1) is 0 Å². The van der Waals surface area contributed by atoms with E-state index >= 15 is 0 Å². The number of hydrogen-bond acceptors (Lipinski definition) is 4. The first kappa shape index (κ1) is 11.4. The molecule has 0 bridgehead atoms. The zero-order chi connectivity index (χ0) is 11.3. The maximum atomic E-state index is 11.3. The van der Waals surface area contributed by atoms with Crippen LogP contribution >= 0.6 is 0 Å². The minimum absolute atomic E-state index is 0.248. The molecule has 0 atom stereocenters. The topological polar surface area (TPSA) is 78.3 Å². The highest BCUT2D eigenvalue weighted by Gasteiger charge is 2.05. The predicted molar refractivity (Wildman–Crippen MR) is 60.4 cm³/mol. The van der Waals surface area contributed by atoms with Crippen molar-refractivity contribution >= 4 is 17.3 Å². The molecule has 0 aliphatic carbocycles. The second kappa shape index (κ2) is 5.24. The van der Waals surface area contributed by atoms with Crippen LogP contribution in [0.5, 0.6) is 5.75 Å². The first-order valence-electron chi connectivity index (χ1n) is 4.98. The molecule has 0 aliphatic heterocycles. The van der Waals surface area contributed by atoms with E-state index in [9.17, 15) is 4.79 Å². The van der Waals surface area contributed by atoms with Gasteiger partial charge in [0.05, 0.1) is 0 Å². The van der Waals surface area contributed by atoms with E-state index in [2.05, 4.69) is 0 Å². The van der Waals surface area contributed by atoms with Crippen LogP contribution in [-0.4, -0.2) is 5.97 Å². The maximum Gasteiger partial charge on any atom is 0.311 e. The van der Waals surface area contributed by atoms with Crippen molar-refractivity contribution in [1.29, 1.82) is 0 Å². The van der Waals surface area contributed by atoms with E-state index in [0.717, 1.165) is 12.8 Å². The molecule has 1 rings (SSSR count). The number of nitrogens with two attached hydrogens (primary N) is 2. The lowest BCUT2D eigenvalue weighted by atomic mass is 10.2. The van der Waals surface area contributed by atoms with Crippen LogP contribution in [0.15, 0.2) is 18.2 Å². The van der Waals surface area contributed by atoms with Crippen LogP contribution in [0.25, 0.3) is 0 Å². The van der Waals surface area contributed by atoms with Gasteiger partial charge in [-0.25, -0.2) is 0 Å².